The highest BCUT2D eigenvalue weighted by Crippen LogP contribution is 2.28. The first-order chi connectivity index (χ1) is 10.5. The molecule has 0 aliphatic heterocycles. The van der Waals surface area contributed by atoms with Gasteiger partial charge in [0, 0.05) is 11.3 Å². The van der Waals surface area contributed by atoms with Crippen molar-refractivity contribution < 1.29 is 9.53 Å². The molecule has 0 unspecified atom stereocenters. The predicted octanol–water partition coefficient (Wildman–Crippen LogP) is 5.57. The fourth-order valence-corrected chi connectivity index (χ4v) is 2.48. The standard InChI is InChI=1S/C16H12BrCl2NO2/c1-2-7-22-15-6-3-10(8-12(15)17)16(21)20-11-4-5-13(18)14(19)9-11/h2-6,8-9H,1,7H2,(H,20,21). The number of carbonyl (C=O) groups excluding carboxylic acids is 1. The molecule has 114 valence electrons. The van der Waals surface area contributed by atoms with Crippen molar-refractivity contribution in [3.8, 4) is 5.75 Å². The lowest BCUT2D eigenvalue weighted by Crippen LogP contribution is -2.12. The third-order valence-corrected chi connectivity index (χ3v) is 4.09. The summed E-state index contributed by atoms with van der Waals surface area (Å²) in [7, 11) is 0. The maximum absolute atomic E-state index is 12.2. The number of hydrogen-bond donors (Lipinski definition) is 1. The van der Waals surface area contributed by atoms with Crippen LogP contribution in [0.3, 0.4) is 0 Å². The molecule has 0 saturated carbocycles. The molecule has 0 bridgehead atoms. The zero-order valence-corrected chi connectivity index (χ0v) is 14.5. The highest BCUT2D eigenvalue weighted by molar-refractivity contribution is 9.10. The van der Waals surface area contributed by atoms with Crippen LogP contribution >= 0.6 is 39.1 Å². The first-order valence-electron chi connectivity index (χ1n) is 6.31. The average Bonchev–Trinajstić information content (AvgIpc) is 2.49. The van der Waals surface area contributed by atoms with Gasteiger partial charge in [0.25, 0.3) is 5.91 Å². The molecule has 0 saturated heterocycles. The fraction of sp³-hybridized carbons (Fsp3) is 0.0625. The number of anilines is 1. The van der Waals surface area contributed by atoms with Gasteiger partial charge in [-0.15, -0.1) is 0 Å². The molecular formula is C16H12BrCl2NO2. The summed E-state index contributed by atoms with van der Waals surface area (Å²) in [6.45, 7) is 3.98. The molecule has 0 heterocycles. The summed E-state index contributed by atoms with van der Waals surface area (Å²) in [4.78, 5) is 12.2. The molecule has 0 aliphatic rings. The first kappa shape index (κ1) is 16.9. The second-order valence-electron chi connectivity index (χ2n) is 4.33. The van der Waals surface area contributed by atoms with Gasteiger partial charge in [-0.3, -0.25) is 4.79 Å². The van der Waals surface area contributed by atoms with Crippen molar-refractivity contribution in [1.29, 1.82) is 0 Å². The van der Waals surface area contributed by atoms with E-state index in [1.807, 2.05) is 0 Å². The van der Waals surface area contributed by atoms with E-state index >= 15 is 0 Å². The number of ether oxygens (including phenoxy) is 1. The number of benzene rings is 2. The summed E-state index contributed by atoms with van der Waals surface area (Å²) >= 11 is 15.1. The van der Waals surface area contributed by atoms with Crippen LogP contribution in [-0.2, 0) is 0 Å². The number of nitrogens with one attached hydrogen (secondary N) is 1. The van der Waals surface area contributed by atoms with E-state index in [4.69, 9.17) is 27.9 Å². The van der Waals surface area contributed by atoms with Crippen LogP contribution in [-0.4, -0.2) is 12.5 Å². The van der Waals surface area contributed by atoms with E-state index in [-0.39, 0.29) is 5.91 Å². The van der Waals surface area contributed by atoms with Gasteiger partial charge in [-0.2, -0.15) is 0 Å². The smallest absolute Gasteiger partial charge is 0.255 e. The zero-order valence-electron chi connectivity index (χ0n) is 11.4. The quantitative estimate of drug-likeness (QED) is 0.666. The maximum Gasteiger partial charge on any atom is 0.255 e. The van der Waals surface area contributed by atoms with E-state index in [0.717, 1.165) is 0 Å². The molecule has 2 aromatic carbocycles. The molecule has 0 aliphatic carbocycles. The maximum atomic E-state index is 12.2. The summed E-state index contributed by atoms with van der Waals surface area (Å²) in [5, 5.41) is 3.58. The second kappa shape index (κ2) is 7.68. The predicted molar refractivity (Wildman–Crippen MR) is 94.2 cm³/mol. The van der Waals surface area contributed by atoms with E-state index in [9.17, 15) is 4.79 Å². The van der Waals surface area contributed by atoms with Gasteiger partial charge in [-0.25, -0.2) is 0 Å². The van der Waals surface area contributed by atoms with Crippen molar-refractivity contribution >= 4 is 50.7 Å². The molecule has 0 atom stereocenters. The first-order valence-corrected chi connectivity index (χ1v) is 7.86. The summed E-state index contributed by atoms with van der Waals surface area (Å²) in [6.07, 6.45) is 1.65. The largest absolute Gasteiger partial charge is 0.488 e. The molecule has 0 radical (unpaired) electrons. The highest BCUT2D eigenvalue weighted by Gasteiger charge is 2.10. The van der Waals surface area contributed by atoms with Gasteiger partial charge < -0.3 is 10.1 Å². The van der Waals surface area contributed by atoms with Crippen molar-refractivity contribution in [1.82, 2.24) is 0 Å². The Morgan fingerprint density at radius 1 is 1.23 bits per heavy atom. The Kier molecular flexibility index (Phi) is 5.89. The second-order valence-corrected chi connectivity index (χ2v) is 6.00. The molecule has 0 aromatic heterocycles. The minimum Gasteiger partial charge on any atom is -0.488 e. The number of hydrogen-bond acceptors (Lipinski definition) is 2. The van der Waals surface area contributed by atoms with Crippen LogP contribution in [0.4, 0.5) is 5.69 Å². The number of halogens is 3. The number of carbonyl (C=O) groups is 1. The molecule has 3 nitrogen and oxygen atoms in total. The Bertz CT molecular complexity index is 719. The van der Waals surface area contributed by atoms with Crippen molar-refractivity contribution in [2.75, 3.05) is 11.9 Å². The third-order valence-electron chi connectivity index (χ3n) is 2.73. The lowest BCUT2D eigenvalue weighted by Gasteiger charge is -2.09. The Balaban J connectivity index is 2.13. The topological polar surface area (TPSA) is 38.3 Å². The van der Waals surface area contributed by atoms with Crippen LogP contribution in [0, 0.1) is 0 Å². The molecule has 0 fully saturated rings. The molecule has 0 spiro atoms. The molecule has 2 rings (SSSR count). The van der Waals surface area contributed by atoms with Crippen LogP contribution in [0.15, 0.2) is 53.5 Å². The van der Waals surface area contributed by atoms with E-state index in [1.165, 1.54) is 0 Å². The number of rotatable bonds is 5. The van der Waals surface area contributed by atoms with Crippen LogP contribution in [0.25, 0.3) is 0 Å². The molecule has 22 heavy (non-hydrogen) atoms. The SMILES string of the molecule is C=CCOc1ccc(C(=O)Nc2ccc(Cl)c(Cl)c2)cc1Br. The van der Waals surface area contributed by atoms with Gasteiger partial charge in [-0.05, 0) is 52.3 Å². The summed E-state index contributed by atoms with van der Waals surface area (Å²) in [6, 6.07) is 9.99. The van der Waals surface area contributed by atoms with Crippen molar-refractivity contribution in [2.45, 2.75) is 0 Å². The Hall–Kier alpha value is -1.49. The summed E-state index contributed by atoms with van der Waals surface area (Å²) in [5.74, 6) is 0.389. The van der Waals surface area contributed by atoms with Crippen molar-refractivity contribution in [3.63, 3.8) is 0 Å². The van der Waals surface area contributed by atoms with Crippen LogP contribution < -0.4 is 10.1 Å². The van der Waals surface area contributed by atoms with Gasteiger partial charge in [0.2, 0.25) is 0 Å². The third kappa shape index (κ3) is 4.26. The van der Waals surface area contributed by atoms with E-state index in [1.54, 1.807) is 42.5 Å². The summed E-state index contributed by atoms with van der Waals surface area (Å²) < 4.78 is 6.13. The van der Waals surface area contributed by atoms with Crippen LogP contribution in [0.1, 0.15) is 10.4 Å². The highest BCUT2D eigenvalue weighted by atomic mass is 79.9. The number of amides is 1. The van der Waals surface area contributed by atoms with Crippen molar-refractivity contribution in [3.05, 3.63) is 69.1 Å². The van der Waals surface area contributed by atoms with E-state index < -0.39 is 0 Å². The lowest BCUT2D eigenvalue weighted by molar-refractivity contribution is 0.102. The lowest BCUT2D eigenvalue weighted by atomic mass is 10.2. The molecule has 6 heteroatoms. The van der Waals surface area contributed by atoms with E-state index in [0.29, 0.717) is 38.1 Å². The Morgan fingerprint density at radius 2 is 2.00 bits per heavy atom. The minimum atomic E-state index is -0.255. The summed E-state index contributed by atoms with van der Waals surface area (Å²) in [5.41, 5.74) is 1.06. The van der Waals surface area contributed by atoms with Crippen LogP contribution in [0.2, 0.25) is 10.0 Å². The zero-order chi connectivity index (χ0) is 16.1. The average molecular weight is 401 g/mol. The molecule has 2 aromatic rings. The Morgan fingerprint density at radius 3 is 2.64 bits per heavy atom. The Labute approximate surface area is 147 Å². The van der Waals surface area contributed by atoms with Gasteiger partial charge in [0.1, 0.15) is 12.4 Å². The van der Waals surface area contributed by atoms with E-state index in [2.05, 4.69) is 27.8 Å². The normalized spacial score (nSPS) is 10.1. The van der Waals surface area contributed by atoms with Gasteiger partial charge in [0.05, 0.1) is 14.5 Å². The molecule has 1 N–H and O–H groups in total. The van der Waals surface area contributed by atoms with Gasteiger partial charge >= 0.3 is 0 Å². The van der Waals surface area contributed by atoms with Crippen LogP contribution in [0.5, 0.6) is 5.75 Å². The van der Waals surface area contributed by atoms with Gasteiger partial charge in [-0.1, -0.05) is 35.9 Å². The molecule has 1 amide bonds. The van der Waals surface area contributed by atoms with Gasteiger partial charge in [0.15, 0.2) is 0 Å². The van der Waals surface area contributed by atoms with Crippen molar-refractivity contribution in [2.24, 2.45) is 0 Å². The fourth-order valence-electron chi connectivity index (χ4n) is 1.68. The minimum absolute atomic E-state index is 0.255. The monoisotopic (exact) mass is 399 g/mol. The molecular weight excluding hydrogens is 389 g/mol.